The van der Waals surface area contributed by atoms with Gasteiger partial charge in [0, 0.05) is 65.6 Å². The second-order valence-electron chi connectivity index (χ2n) is 24.2. The summed E-state index contributed by atoms with van der Waals surface area (Å²) in [5.74, 6) is 0. The summed E-state index contributed by atoms with van der Waals surface area (Å²) in [7, 11) is 0. The fourth-order valence-electron chi connectivity index (χ4n) is 13.8. The Morgan fingerprint density at radius 3 is 1.05 bits per heavy atom. The van der Waals surface area contributed by atoms with Crippen LogP contribution in [0, 0.1) is 13.8 Å². The average Bonchev–Trinajstić information content (AvgIpc) is 2.52. The molecule has 0 amide bonds. The van der Waals surface area contributed by atoms with E-state index in [9.17, 15) is 0 Å². The van der Waals surface area contributed by atoms with E-state index >= 15 is 0 Å². The highest BCUT2D eigenvalue weighted by Crippen LogP contribution is 2.55. The Morgan fingerprint density at radius 2 is 0.675 bits per heavy atom. The zero-order valence-electron chi connectivity index (χ0n) is 46.7. The Hall–Kier alpha value is -9.38. The van der Waals surface area contributed by atoms with E-state index < -0.39 is 0 Å². The van der Waals surface area contributed by atoms with Gasteiger partial charge in [-0.2, -0.15) is 0 Å². The summed E-state index contributed by atoms with van der Waals surface area (Å²) in [4.78, 5) is 5.08. The lowest BCUT2D eigenvalue weighted by atomic mass is 9.85. The maximum Gasteiger partial charge on any atom is 0.0641 e. The van der Waals surface area contributed by atoms with E-state index in [1.807, 2.05) is 0 Å². The lowest BCUT2D eigenvalue weighted by Gasteiger charge is -2.30. The number of nitrogens with zero attached hydrogens (tertiary/aromatic N) is 4. The summed E-state index contributed by atoms with van der Waals surface area (Å²) >= 11 is 0. The van der Waals surface area contributed by atoms with Crippen molar-refractivity contribution in [1.82, 2.24) is 8.80 Å². The van der Waals surface area contributed by atoms with Crippen LogP contribution in [0.2, 0.25) is 0 Å². The SMILES string of the molecule is Cc1cccc(-c2ccccc2)c1N(c1ccccc1)c1ccc2c3cc4c(cc3n3c5c(C(C)(C)C)cccc5c1c23)c1ccc(N(c2ccccc2)c2c(C)cccc2-c2ccccc2)c2c3cccc(C(C)(C)C)c3n4c12. The monoisotopic (exact) mass is 1030 g/mol. The molecule has 80 heavy (non-hydrogen) atoms. The first-order valence-corrected chi connectivity index (χ1v) is 28.3. The first kappa shape index (κ1) is 47.8. The molecule has 0 saturated carbocycles. The third-order valence-electron chi connectivity index (χ3n) is 17.2. The van der Waals surface area contributed by atoms with Crippen LogP contribution < -0.4 is 9.80 Å². The fourth-order valence-corrected chi connectivity index (χ4v) is 13.8. The van der Waals surface area contributed by atoms with Crippen LogP contribution in [-0.2, 0) is 10.8 Å². The van der Waals surface area contributed by atoms with E-state index in [1.54, 1.807) is 0 Å². The average molecular weight is 1030 g/mol. The second kappa shape index (κ2) is 17.6. The molecule has 0 aliphatic carbocycles. The quantitative estimate of drug-likeness (QED) is 0.151. The van der Waals surface area contributed by atoms with Crippen molar-refractivity contribution >= 4 is 110 Å². The van der Waals surface area contributed by atoms with Crippen LogP contribution in [0.1, 0.15) is 63.8 Å². The van der Waals surface area contributed by atoms with Crippen LogP contribution in [0.5, 0.6) is 0 Å². The molecule has 15 rings (SSSR count). The maximum atomic E-state index is 2.65. The molecule has 0 spiro atoms. The van der Waals surface area contributed by atoms with E-state index in [0.717, 1.165) is 22.7 Å². The molecule has 11 aromatic carbocycles. The van der Waals surface area contributed by atoms with Gasteiger partial charge < -0.3 is 18.6 Å². The van der Waals surface area contributed by atoms with Crippen LogP contribution in [0.4, 0.5) is 34.1 Å². The minimum atomic E-state index is -0.145. The molecule has 4 heteroatoms. The van der Waals surface area contributed by atoms with Crippen molar-refractivity contribution in [3.05, 3.63) is 253 Å². The molecule has 0 atom stereocenters. The van der Waals surface area contributed by atoms with Crippen LogP contribution in [0.15, 0.2) is 231 Å². The molecule has 0 saturated heterocycles. The van der Waals surface area contributed by atoms with Gasteiger partial charge in [-0.15, -0.1) is 0 Å². The number of fused-ring (bicyclic) bond motifs is 12. The highest BCUT2D eigenvalue weighted by molar-refractivity contribution is 6.33. The molecule has 4 heterocycles. The van der Waals surface area contributed by atoms with Crippen LogP contribution >= 0.6 is 0 Å². The van der Waals surface area contributed by atoms with Crippen molar-refractivity contribution in [3.63, 3.8) is 0 Å². The van der Waals surface area contributed by atoms with Crippen molar-refractivity contribution in [2.45, 2.75) is 66.2 Å². The summed E-state index contributed by atoms with van der Waals surface area (Å²) in [6.07, 6.45) is 0. The molecule has 0 N–H and O–H groups in total. The molecule has 15 aromatic rings. The van der Waals surface area contributed by atoms with E-state index in [4.69, 9.17) is 0 Å². The minimum Gasteiger partial charge on any atom is -0.309 e. The normalized spacial score (nSPS) is 12.5. The Bertz CT molecular complexity index is 4590. The molecule has 0 radical (unpaired) electrons. The molecule has 0 aliphatic rings. The van der Waals surface area contributed by atoms with E-state index in [0.29, 0.717) is 0 Å². The summed E-state index contributed by atoms with van der Waals surface area (Å²) in [6, 6.07) is 86.0. The van der Waals surface area contributed by atoms with Crippen LogP contribution in [0.25, 0.3) is 98.4 Å². The minimum absolute atomic E-state index is 0.145. The number of rotatable bonds is 8. The molecular formula is C76H62N4. The Balaban J connectivity index is 1.08. The number of hydrogen-bond donors (Lipinski definition) is 0. The number of hydrogen-bond acceptors (Lipinski definition) is 2. The Kier molecular flexibility index (Phi) is 10.5. The van der Waals surface area contributed by atoms with Gasteiger partial charge >= 0.3 is 0 Å². The van der Waals surface area contributed by atoms with Crippen molar-refractivity contribution < 1.29 is 0 Å². The number of benzene rings is 11. The van der Waals surface area contributed by atoms with Crippen LogP contribution in [0.3, 0.4) is 0 Å². The lowest BCUT2D eigenvalue weighted by molar-refractivity contribution is 0.594. The molecule has 0 fully saturated rings. The summed E-state index contributed by atoms with van der Waals surface area (Å²) < 4.78 is 5.30. The molecule has 4 aromatic heterocycles. The van der Waals surface area contributed by atoms with Crippen molar-refractivity contribution in [2.75, 3.05) is 9.80 Å². The topological polar surface area (TPSA) is 15.3 Å². The highest BCUT2D eigenvalue weighted by Gasteiger charge is 2.33. The van der Waals surface area contributed by atoms with Gasteiger partial charge in [0.15, 0.2) is 0 Å². The maximum absolute atomic E-state index is 2.65. The molecule has 0 aliphatic heterocycles. The zero-order chi connectivity index (χ0) is 54.3. The number of anilines is 6. The van der Waals surface area contributed by atoms with Crippen LogP contribution in [-0.4, -0.2) is 8.80 Å². The van der Waals surface area contributed by atoms with Gasteiger partial charge in [0.25, 0.3) is 0 Å². The third-order valence-corrected chi connectivity index (χ3v) is 17.2. The molecule has 0 bridgehead atoms. The van der Waals surface area contributed by atoms with Gasteiger partial charge in [0.05, 0.1) is 55.8 Å². The van der Waals surface area contributed by atoms with E-state index in [2.05, 4.69) is 305 Å². The van der Waals surface area contributed by atoms with Gasteiger partial charge in [-0.05, 0) is 107 Å². The standard InChI is InChI=1S/C76H62N4/c1-47-25-21-35-53(49-27-13-9-14-28-49)69(47)77(51-31-17-11-18-32-51)63-43-41-55-59-45-66-60(46-65(59)79-71-57(67(63)73(55)79)37-23-39-61(71)75(3,4)5)56-42-44-64(68-58-38-24-40-62(76(6,7)8)72(58)80(66)74(56)68)78(52-33-19-12-20-34-52)70-48(2)26-22-36-54(70)50-29-15-10-16-30-50/h9-46H,1-8H3. The van der Waals surface area contributed by atoms with Gasteiger partial charge in [0.1, 0.15) is 0 Å². The van der Waals surface area contributed by atoms with E-state index in [-0.39, 0.29) is 10.8 Å². The highest BCUT2D eigenvalue weighted by atomic mass is 15.2. The largest absolute Gasteiger partial charge is 0.309 e. The van der Waals surface area contributed by atoms with Gasteiger partial charge in [-0.25, -0.2) is 0 Å². The Morgan fingerprint density at radius 1 is 0.312 bits per heavy atom. The molecular weight excluding hydrogens is 969 g/mol. The zero-order valence-corrected chi connectivity index (χ0v) is 46.7. The smallest absolute Gasteiger partial charge is 0.0641 e. The van der Waals surface area contributed by atoms with Gasteiger partial charge in [0.2, 0.25) is 0 Å². The van der Waals surface area contributed by atoms with Crippen molar-refractivity contribution in [3.8, 4) is 22.3 Å². The predicted octanol–water partition coefficient (Wildman–Crippen LogP) is 21.5. The molecule has 386 valence electrons. The summed E-state index contributed by atoms with van der Waals surface area (Å²) in [6.45, 7) is 18.7. The molecule has 0 unspecified atom stereocenters. The van der Waals surface area contributed by atoms with E-state index in [1.165, 1.54) is 132 Å². The van der Waals surface area contributed by atoms with Crippen molar-refractivity contribution in [2.24, 2.45) is 0 Å². The summed E-state index contributed by atoms with van der Waals surface area (Å²) in [5.41, 5.74) is 24.0. The first-order valence-electron chi connectivity index (χ1n) is 28.3. The number of aryl methyl sites for hydroxylation is 2. The lowest BCUT2D eigenvalue weighted by Crippen LogP contribution is -2.13. The number of para-hydroxylation sites is 6. The number of aromatic nitrogens is 2. The van der Waals surface area contributed by atoms with Crippen molar-refractivity contribution in [1.29, 1.82) is 0 Å². The second-order valence-corrected chi connectivity index (χ2v) is 24.2. The fraction of sp³-hybridized carbons (Fsp3) is 0.132. The van der Waals surface area contributed by atoms with Gasteiger partial charge in [-0.1, -0.05) is 224 Å². The van der Waals surface area contributed by atoms with Gasteiger partial charge in [-0.3, -0.25) is 0 Å². The third kappa shape index (κ3) is 6.94. The summed E-state index contributed by atoms with van der Waals surface area (Å²) in [5, 5.41) is 10.0. The Labute approximate surface area is 467 Å². The molecule has 4 nitrogen and oxygen atoms in total. The first-order chi connectivity index (χ1) is 38.9. The predicted molar refractivity (Wildman–Crippen MR) is 343 cm³/mol.